The van der Waals surface area contributed by atoms with E-state index in [2.05, 4.69) is 25.7 Å². The Bertz CT molecular complexity index is 152. The predicted octanol–water partition coefficient (Wildman–Crippen LogP) is 3.67. The molecule has 64 valence electrons. The maximum Gasteiger partial charge on any atom is 0.0785 e. The summed E-state index contributed by atoms with van der Waals surface area (Å²) in [5.41, 5.74) is 2.37. The number of rotatable bonds is 2. The molecule has 0 aliphatic heterocycles. The summed E-state index contributed by atoms with van der Waals surface area (Å²) in [5.74, 6) is 0. The molecular formula is C10H17F. The zero-order valence-corrected chi connectivity index (χ0v) is 7.82. The summed E-state index contributed by atoms with van der Waals surface area (Å²) in [7, 11) is 0.500. The summed E-state index contributed by atoms with van der Waals surface area (Å²) < 4.78 is 9.50. The van der Waals surface area contributed by atoms with Gasteiger partial charge in [-0.05, 0) is 20.8 Å². The van der Waals surface area contributed by atoms with Gasteiger partial charge in [-0.2, -0.15) is 0 Å². The van der Waals surface area contributed by atoms with Gasteiger partial charge in [0.05, 0.1) is 7.18 Å². The summed E-state index contributed by atoms with van der Waals surface area (Å²) in [4.78, 5) is 0. The van der Waals surface area contributed by atoms with E-state index in [0.29, 0.717) is 7.18 Å². The van der Waals surface area contributed by atoms with E-state index in [-0.39, 0.29) is 0 Å². The van der Waals surface area contributed by atoms with E-state index in [0.717, 1.165) is 5.57 Å². The first kappa shape index (κ1) is 12.8. The van der Waals surface area contributed by atoms with Gasteiger partial charge in [0.25, 0.3) is 0 Å². The first-order chi connectivity index (χ1) is 5.16. The van der Waals surface area contributed by atoms with Crippen molar-refractivity contribution in [2.45, 2.75) is 20.8 Å². The van der Waals surface area contributed by atoms with Crippen LogP contribution in [0.5, 0.6) is 0 Å². The predicted molar refractivity (Wildman–Crippen MR) is 50.4 cm³/mol. The van der Waals surface area contributed by atoms with Crippen molar-refractivity contribution < 1.29 is 4.39 Å². The molecule has 0 spiro atoms. The van der Waals surface area contributed by atoms with Crippen molar-refractivity contribution in [2.75, 3.05) is 7.18 Å². The molecule has 0 atom stereocenters. The molecule has 0 fully saturated rings. The van der Waals surface area contributed by atoms with Crippen LogP contribution in [0.15, 0.2) is 36.0 Å². The van der Waals surface area contributed by atoms with E-state index in [1.165, 1.54) is 5.57 Å². The topological polar surface area (TPSA) is 0 Å². The summed E-state index contributed by atoms with van der Waals surface area (Å²) >= 11 is 0. The Morgan fingerprint density at radius 2 is 1.64 bits per heavy atom. The molecule has 1 heteroatoms. The van der Waals surface area contributed by atoms with E-state index in [1.54, 1.807) is 0 Å². The van der Waals surface area contributed by atoms with Gasteiger partial charge < -0.3 is 0 Å². The Morgan fingerprint density at radius 3 is 1.91 bits per heavy atom. The maximum absolute atomic E-state index is 9.50. The molecule has 0 nitrogen and oxygen atoms in total. The van der Waals surface area contributed by atoms with Crippen molar-refractivity contribution in [3.63, 3.8) is 0 Å². The fraction of sp³-hybridized carbons (Fsp3) is 0.400. The third kappa shape index (κ3) is 12.4. The minimum Gasteiger partial charge on any atom is -0.255 e. The van der Waals surface area contributed by atoms with Gasteiger partial charge in [0.15, 0.2) is 0 Å². The largest absolute Gasteiger partial charge is 0.255 e. The van der Waals surface area contributed by atoms with Crippen molar-refractivity contribution >= 4 is 0 Å². The van der Waals surface area contributed by atoms with Crippen LogP contribution < -0.4 is 0 Å². The third-order valence-electron chi connectivity index (χ3n) is 1.09. The van der Waals surface area contributed by atoms with Gasteiger partial charge in [-0.1, -0.05) is 36.0 Å². The highest BCUT2D eigenvalue weighted by Crippen LogP contribution is 1.97. The van der Waals surface area contributed by atoms with Gasteiger partial charge in [0.1, 0.15) is 0 Å². The van der Waals surface area contributed by atoms with Gasteiger partial charge in [-0.3, -0.25) is 4.39 Å². The second-order valence-corrected chi connectivity index (χ2v) is 2.21. The van der Waals surface area contributed by atoms with Gasteiger partial charge in [-0.15, -0.1) is 0 Å². The Balaban J connectivity index is 0. The number of alkyl halides is 1. The van der Waals surface area contributed by atoms with E-state index < -0.39 is 0 Å². The molecule has 0 aromatic carbocycles. The molecule has 0 aliphatic rings. The molecule has 11 heavy (non-hydrogen) atoms. The second-order valence-electron chi connectivity index (χ2n) is 2.21. The van der Waals surface area contributed by atoms with Crippen molar-refractivity contribution in [3.8, 4) is 0 Å². The summed E-state index contributed by atoms with van der Waals surface area (Å²) in [5, 5.41) is 0. The SMILES string of the molecule is C=C(C)/C=C\C(C)=C/C.CF. The van der Waals surface area contributed by atoms with Crippen LogP contribution in [-0.2, 0) is 0 Å². The lowest BCUT2D eigenvalue weighted by Crippen LogP contribution is -1.65. The number of hydrogen-bond donors (Lipinski definition) is 0. The summed E-state index contributed by atoms with van der Waals surface area (Å²) in [6, 6.07) is 0. The van der Waals surface area contributed by atoms with Crippen molar-refractivity contribution in [2.24, 2.45) is 0 Å². The lowest BCUT2D eigenvalue weighted by Gasteiger charge is -1.86. The van der Waals surface area contributed by atoms with Gasteiger partial charge in [-0.25, -0.2) is 0 Å². The molecule has 0 aromatic heterocycles. The minimum atomic E-state index is 0.500. The molecule has 0 saturated carbocycles. The molecular weight excluding hydrogens is 139 g/mol. The lowest BCUT2D eigenvalue weighted by atomic mass is 10.2. The zero-order chi connectivity index (χ0) is 9.28. The quantitative estimate of drug-likeness (QED) is 0.535. The fourth-order valence-corrected chi connectivity index (χ4v) is 0.370. The molecule has 0 bridgehead atoms. The zero-order valence-electron chi connectivity index (χ0n) is 7.82. The van der Waals surface area contributed by atoms with Crippen LogP contribution in [0.2, 0.25) is 0 Å². The average Bonchev–Trinajstić information content (AvgIpc) is 2.04. The number of halogens is 1. The smallest absolute Gasteiger partial charge is 0.0785 e. The first-order valence-electron chi connectivity index (χ1n) is 3.51. The first-order valence-corrected chi connectivity index (χ1v) is 3.51. The monoisotopic (exact) mass is 156 g/mol. The highest BCUT2D eigenvalue weighted by atomic mass is 19.1. The highest BCUT2D eigenvalue weighted by molar-refractivity contribution is 5.22. The third-order valence-corrected chi connectivity index (χ3v) is 1.09. The Kier molecular flexibility index (Phi) is 10.6. The molecule has 0 rings (SSSR count). The van der Waals surface area contributed by atoms with Crippen LogP contribution >= 0.6 is 0 Å². The second kappa shape index (κ2) is 9.15. The number of allylic oxidation sites excluding steroid dienone is 5. The van der Waals surface area contributed by atoms with Crippen molar-refractivity contribution in [3.05, 3.63) is 36.0 Å². The molecule has 0 aliphatic carbocycles. The molecule has 0 aromatic rings. The Morgan fingerprint density at radius 1 is 1.18 bits per heavy atom. The molecule has 0 heterocycles. The Hall–Kier alpha value is -0.850. The van der Waals surface area contributed by atoms with Gasteiger partial charge in [0.2, 0.25) is 0 Å². The fourth-order valence-electron chi connectivity index (χ4n) is 0.370. The standard InChI is InChI=1S/C9H14.CH3F/c1-5-9(4)7-6-8(2)3;1-2/h5-7H,2H2,1,3-4H3;1H3/b7-6-,9-5-;. The molecule has 0 amide bonds. The van der Waals surface area contributed by atoms with E-state index >= 15 is 0 Å². The minimum absolute atomic E-state index is 0.500. The van der Waals surface area contributed by atoms with Gasteiger partial charge >= 0.3 is 0 Å². The Labute approximate surface area is 69.1 Å². The summed E-state index contributed by atoms with van der Waals surface area (Å²) in [6.07, 6.45) is 6.14. The lowest BCUT2D eigenvalue weighted by molar-refractivity contribution is 0.636. The molecule has 0 unspecified atom stereocenters. The van der Waals surface area contributed by atoms with Crippen LogP contribution in [0.4, 0.5) is 4.39 Å². The number of hydrogen-bond acceptors (Lipinski definition) is 0. The van der Waals surface area contributed by atoms with Crippen LogP contribution in [-0.4, -0.2) is 7.18 Å². The van der Waals surface area contributed by atoms with Crippen LogP contribution in [0.25, 0.3) is 0 Å². The molecule has 0 radical (unpaired) electrons. The van der Waals surface area contributed by atoms with Crippen molar-refractivity contribution in [1.82, 2.24) is 0 Å². The normalized spacial score (nSPS) is 10.8. The highest BCUT2D eigenvalue weighted by Gasteiger charge is 1.75. The van der Waals surface area contributed by atoms with Crippen LogP contribution in [0.3, 0.4) is 0 Å². The molecule has 0 N–H and O–H groups in total. The average molecular weight is 156 g/mol. The van der Waals surface area contributed by atoms with Crippen molar-refractivity contribution in [1.29, 1.82) is 0 Å². The van der Waals surface area contributed by atoms with Crippen LogP contribution in [0.1, 0.15) is 20.8 Å². The van der Waals surface area contributed by atoms with E-state index in [1.807, 2.05) is 19.9 Å². The van der Waals surface area contributed by atoms with Gasteiger partial charge in [0, 0.05) is 0 Å². The summed E-state index contributed by atoms with van der Waals surface area (Å²) in [6.45, 7) is 9.83. The van der Waals surface area contributed by atoms with E-state index in [4.69, 9.17) is 0 Å². The van der Waals surface area contributed by atoms with Crippen LogP contribution in [0, 0.1) is 0 Å². The van der Waals surface area contributed by atoms with E-state index in [9.17, 15) is 4.39 Å². The maximum atomic E-state index is 9.50. The molecule has 0 saturated heterocycles.